The second-order valence-electron chi connectivity index (χ2n) is 6.83. The van der Waals surface area contributed by atoms with Gasteiger partial charge in [0.25, 0.3) is 5.91 Å². The molecule has 3 aromatic rings. The smallest absolute Gasteiger partial charge is 0.341 e. The van der Waals surface area contributed by atoms with Crippen LogP contribution in [0.4, 0.5) is 10.7 Å². The summed E-state index contributed by atoms with van der Waals surface area (Å²) in [6.45, 7) is 1.48. The monoisotopic (exact) mass is 484 g/mol. The SMILES string of the molecule is CCOC(=O)c1cc(-c2ccccc2)sc1NC(=O)COC(=O)Cc1cccc(NSC)c1. The Hall–Kier alpha value is -3.30. The van der Waals surface area contributed by atoms with Gasteiger partial charge in [-0.15, -0.1) is 11.3 Å². The zero-order chi connectivity index (χ0) is 23.6. The van der Waals surface area contributed by atoms with E-state index in [9.17, 15) is 14.4 Å². The van der Waals surface area contributed by atoms with Crippen molar-refractivity contribution in [3.05, 3.63) is 71.8 Å². The van der Waals surface area contributed by atoms with E-state index in [0.29, 0.717) is 5.00 Å². The predicted octanol–water partition coefficient (Wildman–Crippen LogP) is 5.01. The molecular formula is C24H24N2O5S2. The molecule has 33 heavy (non-hydrogen) atoms. The van der Waals surface area contributed by atoms with E-state index in [0.717, 1.165) is 21.7 Å². The highest BCUT2D eigenvalue weighted by Gasteiger charge is 2.20. The van der Waals surface area contributed by atoms with Crippen LogP contribution in [0.5, 0.6) is 0 Å². The molecule has 0 unspecified atom stereocenters. The van der Waals surface area contributed by atoms with Gasteiger partial charge in [0, 0.05) is 16.8 Å². The maximum atomic E-state index is 12.4. The van der Waals surface area contributed by atoms with Crippen molar-refractivity contribution in [3.63, 3.8) is 0 Å². The molecule has 3 rings (SSSR count). The minimum absolute atomic E-state index is 0.0441. The molecule has 1 amide bonds. The molecule has 172 valence electrons. The van der Waals surface area contributed by atoms with Gasteiger partial charge in [-0.3, -0.25) is 9.59 Å². The van der Waals surface area contributed by atoms with Crippen LogP contribution in [0.1, 0.15) is 22.8 Å². The highest BCUT2D eigenvalue weighted by atomic mass is 32.2. The Kier molecular flexibility index (Phi) is 8.91. The zero-order valence-corrected chi connectivity index (χ0v) is 19.9. The third kappa shape index (κ3) is 7.10. The van der Waals surface area contributed by atoms with Gasteiger partial charge in [-0.2, -0.15) is 0 Å². The summed E-state index contributed by atoms with van der Waals surface area (Å²) in [7, 11) is 0. The normalized spacial score (nSPS) is 10.4. The van der Waals surface area contributed by atoms with Crippen molar-refractivity contribution in [1.29, 1.82) is 0 Å². The first-order valence-electron chi connectivity index (χ1n) is 10.2. The fourth-order valence-corrected chi connectivity index (χ4v) is 4.41. The van der Waals surface area contributed by atoms with Crippen LogP contribution < -0.4 is 10.0 Å². The van der Waals surface area contributed by atoms with Crippen LogP contribution in [-0.2, 0) is 25.5 Å². The van der Waals surface area contributed by atoms with E-state index in [1.165, 1.54) is 23.3 Å². The van der Waals surface area contributed by atoms with Crippen molar-refractivity contribution in [1.82, 2.24) is 0 Å². The molecule has 0 saturated carbocycles. The topological polar surface area (TPSA) is 93.7 Å². The van der Waals surface area contributed by atoms with Crippen LogP contribution in [0.3, 0.4) is 0 Å². The number of hydrogen-bond acceptors (Lipinski definition) is 8. The second-order valence-corrected chi connectivity index (χ2v) is 8.50. The quantitative estimate of drug-likeness (QED) is 0.309. The maximum Gasteiger partial charge on any atom is 0.341 e. The van der Waals surface area contributed by atoms with Gasteiger partial charge in [0.2, 0.25) is 0 Å². The number of esters is 2. The third-order valence-corrected chi connectivity index (χ3v) is 5.94. The summed E-state index contributed by atoms with van der Waals surface area (Å²) in [4.78, 5) is 37.8. The molecule has 0 saturated heterocycles. The number of thiophene rings is 1. The second kappa shape index (κ2) is 12.1. The number of benzene rings is 2. The molecule has 1 heterocycles. The number of amides is 1. The van der Waals surface area contributed by atoms with Crippen LogP contribution in [0, 0.1) is 0 Å². The fourth-order valence-electron chi connectivity index (χ4n) is 2.98. The van der Waals surface area contributed by atoms with Gasteiger partial charge in [-0.1, -0.05) is 54.4 Å². The lowest BCUT2D eigenvalue weighted by Crippen LogP contribution is -2.22. The molecule has 9 heteroatoms. The van der Waals surface area contributed by atoms with Gasteiger partial charge in [-0.25, -0.2) is 4.79 Å². The van der Waals surface area contributed by atoms with Crippen molar-refractivity contribution in [3.8, 4) is 10.4 Å². The fraction of sp³-hybridized carbons (Fsp3) is 0.208. The molecule has 0 bridgehead atoms. The van der Waals surface area contributed by atoms with Crippen LogP contribution in [-0.4, -0.2) is 37.3 Å². The number of carbonyl (C=O) groups excluding carboxylic acids is 3. The Morgan fingerprint density at radius 1 is 1.00 bits per heavy atom. The molecule has 0 aliphatic carbocycles. The highest BCUT2D eigenvalue weighted by molar-refractivity contribution is 7.99. The molecule has 1 aromatic heterocycles. The van der Waals surface area contributed by atoms with Gasteiger partial charge in [0.1, 0.15) is 5.00 Å². The Morgan fingerprint density at radius 3 is 2.52 bits per heavy atom. The standard InChI is InChI=1S/C24H24N2O5S2/c1-3-30-24(29)19-14-20(17-9-5-4-6-10-17)33-23(19)25-21(27)15-31-22(28)13-16-8-7-11-18(12-16)26-32-2/h4-12,14,26H,3,13,15H2,1-2H3,(H,25,27). The Balaban J connectivity index is 1.63. The van der Waals surface area contributed by atoms with Crippen molar-refractivity contribution in [2.75, 3.05) is 29.5 Å². The first kappa shape index (κ1) is 24.3. The summed E-state index contributed by atoms with van der Waals surface area (Å²) in [5, 5.41) is 3.02. The van der Waals surface area contributed by atoms with Crippen molar-refractivity contribution in [2.45, 2.75) is 13.3 Å². The number of ether oxygens (including phenoxy) is 2. The van der Waals surface area contributed by atoms with E-state index in [1.54, 1.807) is 13.0 Å². The lowest BCUT2D eigenvalue weighted by atomic mass is 10.1. The van der Waals surface area contributed by atoms with Crippen LogP contribution >= 0.6 is 23.3 Å². The van der Waals surface area contributed by atoms with Crippen LogP contribution in [0.25, 0.3) is 10.4 Å². The van der Waals surface area contributed by atoms with E-state index >= 15 is 0 Å². The number of carbonyl (C=O) groups is 3. The van der Waals surface area contributed by atoms with E-state index in [2.05, 4.69) is 10.0 Å². The largest absolute Gasteiger partial charge is 0.462 e. The molecule has 0 radical (unpaired) electrons. The van der Waals surface area contributed by atoms with Gasteiger partial charge < -0.3 is 19.5 Å². The van der Waals surface area contributed by atoms with E-state index < -0.39 is 24.5 Å². The van der Waals surface area contributed by atoms with Crippen molar-refractivity contribution >= 4 is 51.8 Å². The van der Waals surface area contributed by atoms with Gasteiger partial charge in [0.05, 0.1) is 18.6 Å². The number of anilines is 2. The van der Waals surface area contributed by atoms with Gasteiger partial charge in [0.15, 0.2) is 6.61 Å². The van der Waals surface area contributed by atoms with Crippen molar-refractivity contribution < 1.29 is 23.9 Å². The Labute approximate surface area is 200 Å². The number of hydrogen-bond donors (Lipinski definition) is 2. The predicted molar refractivity (Wildman–Crippen MR) is 133 cm³/mol. The zero-order valence-electron chi connectivity index (χ0n) is 18.3. The molecule has 7 nitrogen and oxygen atoms in total. The van der Waals surface area contributed by atoms with Gasteiger partial charge in [-0.05, 0) is 36.2 Å². The average molecular weight is 485 g/mol. The number of nitrogens with one attached hydrogen (secondary N) is 2. The Morgan fingerprint density at radius 2 is 1.79 bits per heavy atom. The number of rotatable bonds is 10. The summed E-state index contributed by atoms with van der Waals surface area (Å²) in [5.41, 5.74) is 2.83. The average Bonchev–Trinajstić information content (AvgIpc) is 3.23. The van der Waals surface area contributed by atoms with Gasteiger partial charge >= 0.3 is 11.9 Å². The summed E-state index contributed by atoms with van der Waals surface area (Å²) >= 11 is 2.71. The van der Waals surface area contributed by atoms with Crippen molar-refractivity contribution in [2.24, 2.45) is 0 Å². The molecule has 0 aliphatic rings. The molecular weight excluding hydrogens is 460 g/mol. The first-order valence-corrected chi connectivity index (χ1v) is 12.2. The molecule has 0 aliphatic heterocycles. The minimum atomic E-state index is -0.534. The molecule has 0 atom stereocenters. The third-order valence-electron chi connectivity index (χ3n) is 4.40. The molecule has 0 fully saturated rings. The van der Waals surface area contributed by atoms with E-state index in [1.807, 2.05) is 60.9 Å². The maximum absolute atomic E-state index is 12.4. The summed E-state index contributed by atoms with van der Waals surface area (Å²) < 4.78 is 13.3. The van der Waals surface area contributed by atoms with Crippen LogP contribution in [0.2, 0.25) is 0 Å². The summed E-state index contributed by atoms with van der Waals surface area (Å²) in [5.74, 6) is -1.58. The van der Waals surface area contributed by atoms with E-state index in [-0.39, 0.29) is 18.6 Å². The molecule has 2 aromatic carbocycles. The lowest BCUT2D eigenvalue weighted by Gasteiger charge is -2.08. The van der Waals surface area contributed by atoms with Crippen LogP contribution in [0.15, 0.2) is 60.7 Å². The summed E-state index contributed by atoms with van der Waals surface area (Å²) in [6.07, 6.45) is 1.95. The minimum Gasteiger partial charge on any atom is -0.462 e. The summed E-state index contributed by atoms with van der Waals surface area (Å²) in [6, 6.07) is 18.6. The lowest BCUT2D eigenvalue weighted by molar-refractivity contribution is -0.146. The molecule has 2 N–H and O–H groups in total. The first-order chi connectivity index (χ1) is 16.0. The molecule has 0 spiro atoms. The highest BCUT2D eigenvalue weighted by Crippen LogP contribution is 2.35. The van der Waals surface area contributed by atoms with E-state index in [4.69, 9.17) is 9.47 Å². The Bertz CT molecular complexity index is 1120.